The highest BCUT2D eigenvalue weighted by molar-refractivity contribution is 7.11. The van der Waals surface area contributed by atoms with Crippen LogP contribution in [-0.2, 0) is 6.54 Å². The SMILES string of the molecule is Cc1nccc(CNc2snc(N)c2OC(C)C)n1. The van der Waals surface area contributed by atoms with Crippen molar-refractivity contribution in [3.63, 3.8) is 0 Å². The summed E-state index contributed by atoms with van der Waals surface area (Å²) in [6, 6.07) is 1.87. The lowest BCUT2D eigenvalue weighted by Gasteiger charge is -2.11. The summed E-state index contributed by atoms with van der Waals surface area (Å²) < 4.78 is 9.75. The third-order valence-electron chi connectivity index (χ3n) is 2.29. The van der Waals surface area contributed by atoms with Crippen LogP contribution in [0, 0.1) is 6.92 Å². The normalized spacial score (nSPS) is 10.7. The van der Waals surface area contributed by atoms with E-state index in [0.717, 1.165) is 16.5 Å². The molecule has 3 N–H and O–H groups in total. The zero-order valence-corrected chi connectivity index (χ0v) is 12.0. The number of hydrogen-bond donors (Lipinski definition) is 2. The maximum Gasteiger partial charge on any atom is 0.197 e. The summed E-state index contributed by atoms with van der Waals surface area (Å²) in [4.78, 5) is 8.39. The molecule has 2 aromatic rings. The van der Waals surface area contributed by atoms with Crippen molar-refractivity contribution >= 4 is 22.4 Å². The van der Waals surface area contributed by atoms with E-state index < -0.39 is 0 Å². The third kappa shape index (κ3) is 3.54. The van der Waals surface area contributed by atoms with Gasteiger partial charge in [0, 0.05) is 6.20 Å². The first-order valence-electron chi connectivity index (χ1n) is 6.00. The number of aryl methyl sites for hydroxylation is 1. The topological polar surface area (TPSA) is 86.0 Å². The molecule has 102 valence electrons. The Labute approximate surface area is 116 Å². The van der Waals surface area contributed by atoms with Crippen LogP contribution in [0.3, 0.4) is 0 Å². The molecule has 7 heteroatoms. The fourth-order valence-corrected chi connectivity index (χ4v) is 2.18. The molecule has 2 aromatic heterocycles. The summed E-state index contributed by atoms with van der Waals surface area (Å²) in [7, 11) is 0. The molecule has 0 radical (unpaired) electrons. The molecule has 0 aliphatic heterocycles. The standard InChI is InChI=1S/C12H17N5OS/c1-7(2)18-10-11(13)17-19-12(10)15-6-9-4-5-14-8(3)16-9/h4-5,7,15H,6H2,1-3H3,(H2,13,17). The molecule has 2 rings (SSSR count). The van der Waals surface area contributed by atoms with Crippen molar-refractivity contribution in [3.05, 3.63) is 23.8 Å². The van der Waals surface area contributed by atoms with E-state index in [1.807, 2.05) is 26.8 Å². The number of rotatable bonds is 5. The molecule has 0 aliphatic rings. The number of nitrogen functional groups attached to an aromatic ring is 1. The number of nitrogens with zero attached hydrogens (tertiary/aromatic N) is 3. The zero-order chi connectivity index (χ0) is 13.8. The van der Waals surface area contributed by atoms with Crippen LogP contribution in [-0.4, -0.2) is 20.4 Å². The van der Waals surface area contributed by atoms with Gasteiger partial charge in [-0.3, -0.25) is 0 Å². The molecule has 0 spiro atoms. The van der Waals surface area contributed by atoms with Gasteiger partial charge in [0.1, 0.15) is 5.82 Å². The Morgan fingerprint density at radius 1 is 1.47 bits per heavy atom. The first-order chi connectivity index (χ1) is 9.06. The average Bonchev–Trinajstić information content (AvgIpc) is 2.68. The molecule has 19 heavy (non-hydrogen) atoms. The van der Waals surface area contributed by atoms with E-state index in [9.17, 15) is 0 Å². The van der Waals surface area contributed by atoms with Gasteiger partial charge < -0.3 is 15.8 Å². The van der Waals surface area contributed by atoms with E-state index in [1.165, 1.54) is 11.5 Å². The van der Waals surface area contributed by atoms with Gasteiger partial charge in [-0.1, -0.05) is 0 Å². The minimum atomic E-state index is 0.0561. The Balaban J connectivity index is 2.07. The van der Waals surface area contributed by atoms with Gasteiger partial charge in [0.2, 0.25) is 0 Å². The summed E-state index contributed by atoms with van der Waals surface area (Å²) in [6.07, 6.45) is 1.80. The Morgan fingerprint density at radius 3 is 2.95 bits per heavy atom. The predicted molar refractivity (Wildman–Crippen MR) is 76.4 cm³/mol. The van der Waals surface area contributed by atoms with Crippen molar-refractivity contribution in [2.24, 2.45) is 0 Å². The molecule has 0 aliphatic carbocycles. The number of aromatic nitrogens is 3. The Kier molecular flexibility index (Phi) is 4.16. The van der Waals surface area contributed by atoms with Crippen molar-refractivity contribution in [2.45, 2.75) is 33.4 Å². The van der Waals surface area contributed by atoms with E-state index in [2.05, 4.69) is 19.7 Å². The molecule has 0 saturated heterocycles. The van der Waals surface area contributed by atoms with Crippen molar-refractivity contribution < 1.29 is 4.74 Å². The minimum Gasteiger partial charge on any atom is -0.484 e. The van der Waals surface area contributed by atoms with Crippen LogP contribution in [0.1, 0.15) is 25.4 Å². The lowest BCUT2D eigenvalue weighted by Crippen LogP contribution is -2.09. The summed E-state index contributed by atoms with van der Waals surface area (Å²) in [5.41, 5.74) is 6.70. The van der Waals surface area contributed by atoms with Crippen molar-refractivity contribution in [1.29, 1.82) is 0 Å². The highest BCUT2D eigenvalue weighted by Crippen LogP contribution is 2.36. The maximum atomic E-state index is 5.79. The molecule has 2 heterocycles. The number of nitrogens with two attached hydrogens (primary N) is 1. The van der Waals surface area contributed by atoms with Crippen molar-refractivity contribution in [2.75, 3.05) is 11.1 Å². The lowest BCUT2D eigenvalue weighted by atomic mass is 10.4. The van der Waals surface area contributed by atoms with E-state index >= 15 is 0 Å². The van der Waals surface area contributed by atoms with Crippen LogP contribution in [0.5, 0.6) is 5.75 Å². The largest absolute Gasteiger partial charge is 0.484 e. The number of hydrogen-bond acceptors (Lipinski definition) is 7. The van der Waals surface area contributed by atoms with Gasteiger partial charge in [-0.05, 0) is 38.4 Å². The summed E-state index contributed by atoms with van der Waals surface area (Å²) in [6.45, 7) is 6.35. The molecule has 0 amide bonds. The van der Waals surface area contributed by atoms with Gasteiger partial charge in [-0.2, -0.15) is 4.37 Å². The molecular weight excluding hydrogens is 262 g/mol. The van der Waals surface area contributed by atoms with Crippen LogP contribution in [0.2, 0.25) is 0 Å². The highest BCUT2D eigenvalue weighted by atomic mass is 32.1. The molecular formula is C12H17N5OS. The first-order valence-corrected chi connectivity index (χ1v) is 6.78. The van der Waals surface area contributed by atoms with E-state index in [0.29, 0.717) is 18.1 Å². The molecule has 0 fully saturated rings. The fourth-order valence-electron chi connectivity index (χ4n) is 1.53. The molecule has 0 atom stereocenters. The van der Waals surface area contributed by atoms with E-state index in [1.54, 1.807) is 6.20 Å². The quantitative estimate of drug-likeness (QED) is 0.872. The Morgan fingerprint density at radius 2 is 2.26 bits per heavy atom. The van der Waals surface area contributed by atoms with Gasteiger partial charge in [-0.15, -0.1) is 0 Å². The second-order valence-electron chi connectivity index (χ2n) is 4.34. The number of nitrogens with one attached hydrogen (secondary N) is 1. The Bertz CT molecular complexity index is 555. The van der Waals surface area contributed by atoms with Gasteiger partial charge in [0.05, 0.1) is 18.3 Å². The monoisotopic (exact) mass is 279 g/mol. The third-order valence-corrected chi connectivity index (χ3v) is 3.09. The van der Waals surface area contributed by atoms with Crippen LogP contribution in [0.25, 0.3) is 0 Å². The van der Waals surface area contributed by atoms with Gasteiger partial charge in [0.15, 0.2) is 16.6 Å². The van der Waals surface area contributed by atoms with Crippen LogP contribution in [0.4, 0.5) is 10.8 Å². The summed E-state index contributed by atoms with van der Waals surface area (Å²) in [5, 5.41) is 4.07. The summed E-state index contributed by atoms with van der Waals surface area (Å²) in [5.74, 6) is 1.78. The molecule has 0 saturated carbocycles. The molecule has 0 unspecified atom stereocenters. The maximum absolute atomic E-state index is 5.79. The first kappa shape index (κ1) is 13.5. The Hall–Kier alpha value is -1.89. The van der Waals surface area contributed by atoms with Crippen LogP contribution < -0.4 is 15.8 Å². The second kappa shape index (κ2) is 5.83. The van der Waals surface area contributed by atoms with Crippen molar-refractivity contribution in [1.82, 2.24) is 14.3 Å². The van der Waals surface area contributed by atoms with Crippen LogP contribution in [0.15, 0.2) is 12.3 Å². The van der Waals surface area contributed by atoms with Gasteiger partial charge >= 0.3 is 0 Å². The minimum absolute atomic E-state index is 0.0561. The average molecular weight is 279 g/mol. The smallest absolute Gasteiger partial charge is 0.197 e. The second-order valence-corrected chi connectivity index (χ2v) is 5.11. The molecule has 0 aromatic carbocycles. The lowest BCUT2D eigenvalue weighted by molar-refractivity contribution is 0.245. The molecule has 0 bridgehead atoms. The van der Waals surface area contributed by atoms with E-state index in [4.69, 9.17) is 10.5 Å². The summed E-state index contributed by atoms with van der Waals surface area (Å²) >= 11 is 1.29. The van der Waals surface area contributed by atoms with Crippen LogP contribution >= 0.6 is 11.5 Å². The zero-order valence-electron chi connectivity index (χ0n) is 11.2. The van der Waals surface area contributed by atoms with Crippen molar-refractivity contribution in [3.8, 4) is 5.75 Å². The fraction of sp³-hybridized carbons (Fsp3) is 0.417. The number of ether oxygens (including phenoxy) is 1. The van der Waals surface area contributed by atoms with Gasteiger partial charge in [0.25, 0.3) is 0 Å². The molecule has 6 nitrogen and oxygen atoms in total. The predicted octanol–water partition coefficient (Wildman–Crippen LogP) is 2.22. The van der Waals surface area contributed by atoms with E-state index in [-0.39, 0.29) is 6.10 Å². The highest BCUT2D eigenvalue weighted by Gasteiger charge is 2.14. The number of anilines is 2. The van der Waals surface area contributed by atoms with Gasteiger partial charge in [-0.25, -0.2) is 9.97 Å².